The molecule has 2 unspecified atom stereocenters. The standard InChI is InChI=1S/C13H15NO6/c1-20-8-5-10(13(18)19)14(6-8)12(17)9-3-2-7(15)4-11(9)16/h2-4,8,10,15-16H,5-6H2,1H3,(H,18,19). The van der Waals surface area contributed by atoms with Crippen molar-refractivity contribution in [2.45, 2.75) is 18.6 Å². The number of rotatable bonds is 3. The Morgan fingerprint density at radius 1 is 1.35 bits per heavy atom. The summed E-state index contributed by atoms with van der Waals surface area (Å²) in [4.78, 5) is 24.7. The molecule has 3 N–H and O–H groups in total. The number of methoxy groups -OCH3 is 1. The number of hydrogen-bond donors (Lipinski definition) is 3. The summed E-state index contributed by atoms with van der Waals surface area (Å²) in [5.74, 6) is -2.28. The minimum atomic E-state index is -1.11. The van der Waals surface area contributed by atoms with Gasteiger partial charge in [0, 0.05) is 26.1 Å². The number of carbonyl (C=O) groups excluding carboxylic acids is 1. The highest BCUT2D eigenvalue weighted by Gasteiger charge is 2.40. The molecule has 2 atom stereocenters. The molecule has 1 fully saturated rings. The van der Waals surface area contributed by atoms with Gasteiger partial charge in [0.05, 0.1) is 11.7 Å². The van der Waals surface area contributed by atoms with Crippen molar-refractivity contribution in [3.63, 3.8) is 0 Å². The zero-order chi connectivity index (χ0) is 14.9. The molecule has 7 nitrogen and oxygen atoms in total. The minimum Gasteiger partial charge on any atom is -0.508 e. The second kappa shape index (κ2) is 5.38. The third-order valence-electron chi connectivity index (χ3n) is 3.35. The van der Waals surface area contributed by atoms with Gasteiger partial charge in [0.1, 0.15) is 17.5 Å². The van der Waals surface area contributed by atoms with Gasteiger partial charge < -0.3 is 25.0 Å². The highest BCUT2D eigenvalue weighted by molar-refractivity contribution is 5.99. The number of amides is 1. The molecule has 0 aliphatic carbocycles. The zero-order valence-corrected chi connectivity index (χ0v) is 10.8. The predicted octanol–water partition coefficient (Wildman–Crippen LogP) is 0.412. The maximum absolute atomic E-state index is 12.3. The first kappa shape index (κ1) is 14.1. The number of carboxylic acids is 1. The monoisotopic (exact) mass is 281 g/mol. The van der Waals surface area contributed by atoms with Crippen LogP contribution in [0.4, 0.5) is 0 Å². The molecule has 108 valence electrons. The fraction of sp³-hybridized carbons (Fsp3) is 0.385. The Balaban J connectivity index is 2.29. The summed E-state index contributed by atoms with van der Waals surface area (Å²) in [6.07, 6.45) is -0.143. The first-order chi connectivity index (χ1) is 9.43. The number of phenols is 2. The van der Waals surface area contributed by atoms with E-state index in [-0.39, 0.29) is 36.1 Å². The number of nitrogens with zero attached hydrogens (tertiary/aromatic N) is 1. The molecule has 1 heterocycles. The van der Waals surface area contributed by atoms with E-state index in [1.54, 1.807) is 0 Å². The summed E-state index contributed by atoms with van der Waals surface area (Å²) >= 11 is 0. The highest BCUT2D eigenvalue weighted by Crippen LogP contribution is 2.28. The molecule has 20 heavy (non-hydrogen) atoms. The van der Waals surface area contributed by atoms with Crippen molar-refractivity contribution in [3.8, 4) is 11.5 Å². The van der Waals surface area contributed by atoms with Gasteiger partial charge in [-0.25, -0.2) is 4.79 Å². The van der Waals surface area contributed by atoms with Crippen LogP contribution in [0.15, 0.2) is 18.2 Å². The van der Waals surface area contributed by atoms with Crippen LogP contribution >= 0.6 is 0 Å². The largest absolute Gasteiger partial charge is 0.508 e. The Hall–Kier alpha value is -2.28. The normalized spacial score (nSPS) is 21.9. The van der Waals surface area contributed by atoms with Crippen LogP contribution in [0.2, 0.25) is 0 Å². The average Bonchev–Trinajstić information content (AvgIpc) is 2.82. The molecule has 1 aliphatic heterocycles. The Morgan fingerprint density at radius 3 is 2.60 bits per heavy atom. The van der Waals surface area contributed by atoms with Crippen LogP contribution in [0, 0.1) is 0 Å². The van der Waals surface area contributed by atoms with Gasteiger partial charge in [-0.3, -0.25) is 4.79 Å². The molecule has 0 spiro atoms. The number of ether oxygens (including phenoxy) is 1. The van der Waals surface area contributed by atoms with E-state index >= 15 is 0 Å². The molecule has 0 aromatic heterocycles. The van der Waals surface area contributed by atoms with E-state index in [1.165, 1.54) is 19.2 Å². The molecule has 1 aliphatic rings. The summed E-state index contributed by atoms with van der Waals surface area (Å²) in [5.41, 5.74) is -0.0502. The number of likely N-dealkylation sites (tertiary alicyclic amines) is 1. The van der Waals surface area contributed by atoms with Gasteiger partial charge in [0.15, 0.2) is 0 Å². The van der Waals surface area contributed by atoms with E-state index < -0.39 is 17.9 Å². The van der Waals surface area contributed by atoms with Crippen LogP contribution < -0.4 is 0 Å². The molecular weight excluding hydrogens is 266 g/mol. The van der Waals surface area contributed by atoms with E-state index in [9.17, 15) is 19.8 Å². The van der Waals surface area contributed by atoms with Crippen molar-refractivity contribution in [2.24, 2.45) is 0 Å². The Kier molecular flexibility index (Phi) is 3.80. The zero-order valence-electron chi connectivity index (χ0n) is 10.8. The number of benzene rings is 1. The van der Waals surface area contributed by atoms with Crippen LogP contribution in [-0.2, 0) is 9.53 Å². The lowest BCUT2D eigenvalue weighted by atomic mass is 10.1. The van der Waals surface area contributed by atoms with E-state index in [4.69, 9.17) is 9.84 Å². The van der Waals surface area contributed by atoms with Crippen molar-refractivity contribution < 1.29 is 29.6 Å². The van der Waals surface area contributed by atoms with Crippen LogP contribution in [0.5, 0.6) is 11.5 Å². The second-order valence-electron chi connectivity index (χ2n) is 4.61. The van der Waals surface area contributed by atoms with Crippen LogP contribution in [0.1, 0.15) is 16.8 Å². The van der Waals surface area contributed by atoms with Gasteiger partial charge in [-0.1, -0.05) is 0 Å². The van der Waals surface area contributed by atoms with E-state index in [0.717, 1.165) is 11.0 Å². The summed E-state index contributed by atoms with van der Waals surface area (Å²) in [6.45, 7) is 0.145. The van der Waals surface area contributed by atoms with Crippen molar-refractivity contribution in [3.05, 3.63) is 23.8 Å². The first-order valence-electron chi connectivity index (χ1n) is 6.02. The van der Waals surface area contributed by atoms with E-state index in [1.807, 2.05) is 0 Å². The second-order valence-corrected chi connectivity index (χ2v) is 4.61. The molecule has 0 saturated carbocycles. The fourth-order valence-corrected chi connectivity index (χ4v) is 2.28. The van der Waals surface area contributed by atoms with Gasteiger partial charge in [-0.15, -0.1) is 0 Å². The molecule has 7 heteroatoms. The number of carboxylic acid groups (broad SMARTS) is 1. The molecule has 2 rings (SSSR count). The van der Waals surface area contributed by atoms with Gasteiger partial charge in [-0.2, -0.15) is 0 Å². The van der Waals surface area contributed by atoms with Gasteiger partial charge >= 0.3 is 5.97 Å². The maximum atomic E-state index is 12.3. The summed E-state index contributed by atoms with van der Waals surface area (Å²) in [7, 11) is 1.45. The predicted molar refractivity (Wildman–Crippen MR) is 67.6 cm³/mol. The van der Waals surface area contributed by atoms with E-state index in [2.05, 4.69) is 0 Å². The maximum Gasteiger partial charge on any atom is 0.326 e. The van der Waals surface area contributed by atoms with Crippen molar-refractivity contribution in [2.75, 3.05) is 13.7 Å². The van der Waals surface area contributed by atoms with Crippen molar-refractivity contribution >= 4 is 11.9 Å². The van der Waals surface area contributed by atoms with Gasteiger partial charge in [0.25, 0.3) is 5.91 Å². The van der Waals surface area contributed by atoms with E-state index in [0.29, 0.717) is 0 Å². The average molecular weight is 281 g/mol. The SMILES string of the molecule is COC1CC(C(=O)O)N(C(=O)c2ccc(O)cc2O)C1. The third-order valence-corrected chi connectivity index (χ3v) is 3.35. The fourth-order valence-electron chi connectivity index (χ4n) is 2.28. The number of aliphatic carboxylic acids is 1. The van der Waals surface area contributed by atoms with Crippen LogP contribution in [-0.4, -0.2) is 57.9 Å². The number of hydrogen-bond acceptors (Lipinski definition) is 5. The summed E-state index contributed by atoms with van der Waals surface area (Å²) in [5, 5.41) is 28.0. The van der Waals surface area contributed by atoms with Gasteiger partial charge in [0.2, 0.25) is 0 Å². The van der Waals surface area contributed by atoms with Crippen LogP contribution in [0.3, 0.4) is 0 Å². The first-order valence-corrected chi connectivity index (χ1v) is 6.02. The molecule has 1 aromatic rings. The Labute approximate surface area is 115 Å². The molecule has 1 amide bonds. The molecule has 1 saturated heterocycles. The summed E-state index contributed by atoms with van der Waals surface area (Å²) in [6, 6.07) is 2.56. The van der Waals surface area contributed by atoms with Crippen molar-refractivity contribution in [1.29, 1.82) is 0 Å². The Bertz CT molecular complexity index is 544. The van der Waals surface area contributed by atoms with Gasteiger partial charge in [-0.05, 0) is 12.1 Å². The topological polar surface area (TPSA) is 107 Å². The lowest BCUT2D eigenvalue weighted by molar-refractivity contribution is -0.141. The highest BCUT2D eigenvalue weighted by atomic mass is 16.5. The summed E-state index contributed by atoms with van der Waals surface area (Å²) < 4.78 is 5.10. The minimum absolute atomic E-state index is 0.0502. The number of carbonyl (C=O) groups is 2. The lowest BCUT2D eigenvalue weighted by Crippen LogP contribution is -2.40. The third kappa shape index (κ3) is 2.53. The number of phenolic OH excluding ortho intramolecular Hbond substituents is 2. The quantitative estimate of drug-likeness (QED) is 0.740. The lowest BCUT2D eigenvalue weighted by Gasteiger charge is -2.21. The molecule has 0 radical (unpaired) electrons. The number of aromatic hydroxyl groups is 2. The molecule has 1 aromatic carbocycles. The van der Waals surface area contributed by atoms with Crippen molar-refractivity contribution in [1.82, 2.24) is 4.90 Å². The smallest absolute Gasteiger partial charge is 0.326 e. The van der Waals surface area contributed by atoms with Crippen LogP contribution in [0.25, 0.3) is 0 Å². The molecule has 0 bridgehead atoms. The molecular formula is C13H15NO6. The Morgan fingerprint density at radius 2 is 2.05 bits per heavy atom.